The number of carbonyl (C=O) groups excluding carboxylic acids is 2. The van der Waals surface area contributed by atoms with Crippen molar-refractivity contribution in [1.29, 1.82) is 0 Å². The third kappa shape index (κ3) is 8.20. The predicted octanol–water partition coefficient (Wildman–Crippen LogP) is 1.68. The Kier molecular flexibility index (Phi) is 9.40. The highest BCUT2D eigenvalue weighted by Crippen LogP contribution is 2.20. The molecule has 1 unspecified atom stereocenters. The minimum atomic E-state index is -0.530. The molecule has 2 aliphatic rings. The molecule has 0 spiro atoms. The van der Waals surface area contributed by atoms with Gasteiger partial charge in [0, 0.05) is 45.7 Å². The van der Waals surface area contributed by atoms with Crippen molar-refractivity contribution < 1.29 is 19.1 Å². The summed E-state index contributed by atoms with van der Waals surface area (Å²) in [6.07, 6.45) is 1.23. The number of hydrogen-bond acceptors (Lipinski definition) is 5. The quantitative estimate of drug-likeness (QED) is 0.500. The Balaban J connectivity index is 1.83. The Labute approximate surface area is 186 Å². The Morgan fingerprint density at radius 1 is 1.10 bits per heavy atom. The lowest BCUT2D eigenvalue weighted by Gasteiger charge is -2.37. The van der Waals surface area contributed by atoms with E-state index in [0.29, 0.717) is 32.8 Å². The molecule has 0 aromatic heterocycles. The van der Waals surface area contributed by atoms with E-state index in [0.717, 1.165) is 31.9 Å². The van der Waals surface area contributed by atoms with E-state index in [4.69, 9.17) is 9.47 Å². The molecule has 0 bridgehead atoms. The van der Waals surface area contributed by atoms with Gasteiger partial charge in [0.15, 0.2) is 5.96 Å². The highest BCUT2D eigenvalue weighted by atomic mass is 16.6. The number of rotatable bonds is 5. The molecule has 0 aliphatic carbocycles. The van der Waals surface area contributed by atoms with Gasteiger partial charge in [-0.3, -0.25) is 9.79 Å². The van der Waals surface area contributed by atoms with Crippen molar-refractivity contribution in [2.24, 2.45) is 16.8 Å². The summed E-state index contributed by atoms with van der Waals surface area (Å²) in [6.45, 7) is 14.5. The zero-order chi connectivity index (χ0) is 23.0. The van der Waals surface area contributed by atoms with E-state index in [9.17, 15) is 9.59 Å². The topological polar surface area (TPSA) is 95.5 Å². The lowest BCUT2D eigenvalue weighted by atomic mass is 9.95. The fraction of sp³-hybridized carbons (Fsp3) is 0.864. The molecule has 0 aromatic rings. The average Bonchev–Trinajstić information content (AvgIpc) is 2.72. The number of nitrogens with zero attached hydrogens (tertiary/aromatic N) is 3. The fourth-order valence-electron chi connectivity index (χ4n) is 3.83. The molecular formula is C22H41N5O4. The van der Waals surface area contributed by atoms with Gasteiger partial charge in [0.2, 0.25) is 5.91 Å². The smallest absolute Gasteiger partial charge is 0.407 e. The van der Waals surface area contributed by atoms with Crippen molar-refractivity contribution in [3.63, 3.8) is 0 Å². The predicted molar refractivity (Wildman–Crippen MR) is 121 cm³/mol. The van der Waals surface area contributed by atoms with Crippen LogP contribution in [0.5, 0.6) is 0 Å². The van der Waals surface area contributed by atoms with Crippen LogP contribution in [0.1, 0.15) is 47.5 Å². The molecule has 2 N–H and O–H groups in total. The summed E-state index contributed by atoms with van der Waals surface area (Å²) in [5.74, 6) is 1.36. The second-order valence-electron chi connectivity index (χ2n) is 9.62. The largest absolute Gasteiger partial charge is 0.444 e. The second-order valence-corrected chi connectivity index (χ2v) is 9.62. The van der Waals surface area contributed by atoms with Gasteiger partial charge in [-0.25, -0.2) is 4.79 Å². The summed E-state index contributed by atoms with van der Waals surface area (Å²) in [6, 6.07) is -0.0907. The molecule has 2 heterocycles. The SMILES string of the molecule is CN=C(NCC(NC(=O)OC(C)(C)C)C(C)C)N1CCC(C(=O)N2CCOCC2)CC1. The number of hydrogen-bond donors (Lipinski definition) is 2. The van der Waals surface area contributed by atoms with Crippen LogP contribution < -0.4 is 10.6 Å². The first-order valence-electron chi connectivity index (χ1n) is 11.4. The van der Waals surface area contributed by atoms with Gasteiger partial charge in [-0.1, -0.05) is 13.8 Å². The normalized spacial score (nSPS) is 19.9. The van der Waals surface area contributed by atoms with Crippen molar-refractivity contribution in [3.05, 3.63) is 0 Å². The monoisotopic (exact) mass is 439 g/mol. The van der Waals surface area contributed by atoms with E-state index in [1.807, 2.05) is 25.7 Å². The molecule has 9 heteroatoms. The maximum absolute atomic E-state index is 12.7. The van der Waals surface area contributed by atoms with Crippen LogP contribution in [-0.2, 0) is 14.3 Å². The molecule has 2 amide bonds. The van der Waals surface area contributed by atoms with E-state index < -0.39 is 11.7 Å². The lowest BCUT2D eigenvalue weighted by Crippen LogP contribution is -2.53. The lowest BCUT2D eigenvalue weighted by molar-refractivity contribution is -0.140. The van der Waals surface area contributed by atoms with Gasteiger partial charge in [-0.05, 0) is 39.5 Å². The summed E-state index contributed by atoms with van der Waals surface area (Å²) in [5.41, 5.74) is -0.530. The highest BCUT2D eigenvalue weighted by molar-refractivity contribution is 5.82. The minimum absolute atomic E-state index is 0.0738. The third-order valence-corrected chi connectivity index (χ3v) is 5.67. The summed E-state index contributed by atoms with van der Waals surface area (Å²) in [7, 11) is 1.76. The van der Waals surface area contributed by atoms with Gasteiger partial charge < -0.3 is 29.9 Å². The average molecular weight is 440 g/mol. The van der Waals surface area contributed by atoms with Crippen LogP contribution in [0, 0.1) is 11.8 Å². The number of piperidine rings is 1. The summed E-state index contributed by atoms with van der Waals surface area (Å²) in [5, 5.41) is 6.35. The molecule has 2 aliphatic heterocycles. The maximum Gasteiger partial charge on any atom is 0.407 e. The Morgan fingerprint density at radius 3 is 2.23 bits per heavy atom. The molecule has 2 saturated heterocycles. The molecule has 1 atom stereocenters. The van der Waals surface area contributed by atoms with Crippen LogP contribution in [0.3, 0.4) is 0 Å². The van der Waals surface area contributed by atoms with Crippen molar-refractivity contribution in [1.82, 2.24) is 20.4 Å². The molecule has 0 saturated carbocycles. The van der Waals surface area contributed by atoms with Crippen molar-refractivity contribution in [2.75, 3.05) is 53.0 Å². The molecule has 2 rings (SSSR count). The summed E-state index contributed by atoms with van der Waals surface area (Å²) >= 11 is 0. The number of ether oxygens (including phenoxy) is 2. The van der Waals surface area contributed by atoms with Crippen molar-refractivity contribution >= 4 is 18.0 Å². The molecule has 0 aromatic carbocycles. The number of amides is 2. The number of guanidine groups is 1. The van der Waals surface area contributed by atoms with Crippen LogP contribution in [0.25, 0.3) is 0 Å². The molecule has 0 radical (unpaired) electrons. The first kappa shape index (κ1) is 25.2. The number of alkyl carbamates (subject to hydrolysis) is 1. The van der Waals surface area contributed by atoms with Gasteiger partial charge in [0.05, 0.1) is 19.3 Å². The van der Waals surface area contributed by atoms with Gasteiger partial charge in [0.1, 0.15) is 5.60 Å². The molecular weight excluding hydrogens is 398 g/mol. The van der Waals surface area contributed by atoms with E-state index in [1.165, 1.54) is 0 Å². The van der Waals surface area contributed by atoms with E-state index in [2.05, 4.69) is 34.4 Å². The first-order valence-corrected chi connectivity index (χ1v) is 11.4. The van der Waals surface area contributed by atoms with Crippen LogP contribution in [0.4, 0.5) is 4.79 Å². The van der Waals surface area contributed by atoms with Crippen LogP contribution in [-0.4, -0.2) is 92.4 Å². The van der Waals surface area contributed by atoms with E-state index in [1.54, 1.807) is 7.05 Å². The van der Waals surface area contributed by atoms with Crippen LogP contribution in [0.15, 0.2) is 4.99 Å². The standard InChI is InChI=1S/C22H41N5O4/c1-16(2)18(25-21(29)31-22(3,4)5)15-24-20(23-6)27-9-7-17(8-10-27)19(28)26-11-13-30-14-12-26/h16-18H,7-15H2,1-6H3,(H,23,24)(H,25,29). The molecule has 9 nitrogen and oxygen atoms in total. The second kappa shape index (κ2) is 11.5. The Hall–Kier alpha value is -2.03. The maximum atomic E-state index is 12.7. The Morgan fingerprint density at radius 2 is 1.71 bits per heavy atom. The van der Waals surface area contributed by atoms with Crippen molar-refractivity contribution in [3.8, 4) is 0 Å². The van der Waals surface area contributed by atoms with Gasteiger partial charge in [-0.15, -0.1) is 0 Å². The first-order chi connectivity index (χ1) is 14.6. The summed E-state index contributed by atoms with van der Waals surface area (Å²) in [4.78, 5) is 33.5. The fourth-order valence-corrected chi connectivity index (χ4v) is 3.83. The minimum Gasteiger partial charge on any atom is -0.444 e. The van der Waals surface area contributed by atoms with E-state index >= 15 is 0 Å². The Bertz CT molecular complexity index is 618. The zero-order valence-electron chi connectivity index (χ0n) is 20.1. The number of morpholine rings is 1. The molecule has 2 fully saturated rings. The van der Waals surface area contributed by atoms with Crippen molar-refractivity contribution in [2.45, 2.75) is 59.1 Å². The number of likely N-dealkylation sites (tertiary alicyclic amines) is 1. The van der Waals surface area contributed by atoms with Gasteiger partial charge >= 0.3 is 6.09 Å². The zero-order valence-corrected chi connectivity index (χ0v) is 20.1. The molecule has 178 valence electrons. The van der Waals surface area contributed by atoms with Gasteiger partial charge in [-0.2, -0.15) is 0 Å². The summed E-state index contributed by atoms with van der Waals surface area (Å²) < 4.78 is 10.7. The number of carbonyl (C=O) groups is 2. The van der Waals surface area contributed by atoms with Crippen LogP contribution in [0.2, 0.25) is 0 Å². The van der Waals surface area contributed by atoms with E-state index in [-0.39, 0.29) is 23.8 Å². The third-order valence-electron chi connectivity index (χ3n) is 5.67. The van der Waals surface area contributed by atoms with Crippen LogP contribution >= 0.6 is 0 Å². The number of aliphatic imine (C=N–C) groups is 1. The van der Waals surface area contributed by atoms with Gasteiger partial charge in [0.25, 0.3) is 0 Å². The number of nitrogens with one attached hydrogen (secondary N) is 2. The highest BCUT2D eigenvalue weighted by Gasteiger charge is 2.30. The molecule has 31 heavy (non-hydrogen) atoms.